The van der Waals surface area contributed by atoms with Gasteiger partial charge in [-0.05, 0) is 31.2 Å². The zero-order valence-electron chi connectivity index (χ0n) is 14.6. The fourth-order valence-electron chi connectivity index (χ4n) is 2.41. The van der Waals surface area contributed by atoms with Gasteiger partial charge in [0.2, 0.25) is 0 Å². The van der Waals surface area contributed by atoms with Crippen molar-refractivity contribution in [2.75, 3.05) is 20.8 Å². The first-order valence-corrected chi connectivity index (χ1v) is 7.95. The molecule has 0 fully saturated rings. The van der Waals surface area contributed by atoms with Crippen LogP contribution in [0, 0.1) is 0 Å². The standard InChI is InChI=1S/C17H24N4O4/c1-12(11-21-8-4-7-19-21)20-17(23)18-10-15(22)14-9-13(24-2)5-6-16(14)25-3/h4-9,12,15,22H,10-11H2,1-3H3,(H2,18,20,23)/t12-,15-/m1/s1. The van der Waals surface area contributed by atoms with Crippen LogP contribution >= 0.6 is 0 Å². The number of ether oxygens (including phenoxy) is 2. The van der Waals surface area contributed by atoms with Crippen molar-refractivity contribution in [3.8, 4) is 11.5 Å². The quantitative estimate of drug-likeness (QED) is 0.668. The summed E-state index contributed by atoms with van der Waals surface area (Å²) >= 11 is 0. The van der Waals surface area contributed by atoms with E-state index in [1.54, 1.807) is 36.2 Å². The van der Waals surface area contributed by atoms with Gasteiger partial charge in [-0.1, -0.05) is 0 Å². The molecule has 0 saturated heterocycles. The Labute approximate surface area is 146 Å². The van der Waals surface area contributed by atoms with E-state index >= 15 is 0 Å². The lowest BCUT2D eigenvalue weighted by Gasteiger charge is -2.18. The number of methoxy groups -OCH3 is 2. The van der Waals surface area contributed by atoms with E-state index in [9.17, 15) is 9.90 Å². The van der Waals surface area contributed by atoms with Crippen LogP contribution in [0.5, 0.6) is 11.5 Å². The molecule has 2 aromatic rings. The van der Waals surface area contributed by atoms with Gasteiger partial charge in [-0.2, -0.15) is 5.10 Å². The minimum Gasteiger partial charge on any atom is -0.497 e. The Bertz CT molecular complexity index is 675. The van der Waals surface area contributed by atoms with Crippen molar-refractivity contribution in [2.24, 2.45) is 0 Å². The number of carbonyl (C=O) groups is 1. The highest BCUT2D eigenvalue weighted by Gasteiger charge is 2.16. The number of benzene rings is 1. The van der Waals surface area contributed by atoms with Crippen molar-refractivity contribution in [1.82, 2.24) is 20.4 Å². The van der Waals surface area contributed by atoms with Gasteiger partial charge < -0.3 is 25.2 Å². The highest BCUT2D eigenvalue weighted by molar-refractivity contribution is 5.74. The molecule has 0 aliphatic rings. The van der Waals surface area contributed by atoms with E-state index in [4.69, 9.17) is 9.47 Å². The molecule has 2 rings (SSSR count). The third-order valence-electron chi connectivity index (χ3n) is 3.65. The predicted octanol–water partition coefficient (Wildman–Crippen LogP) is 1.32. The molecule has 1 aromatic carbocycles. The predicted molar refractivity (Wildman–Crippen MR) is 92.7 cm³/mol. The molecular formula is C17H24N4O4. The molecule has 2 atom stereocenters. The molecule has 25 heavy (non-hydrogen) atoms. The summed E-state index contributed by atoms with van der Waals surface area (Å²) in [7, 11) is 3.07. The second-order valence-corrected chi connectivity index (χ2v) is 5.61. The third-order valence-corrected chi connectivity index (χ3v) is 3.65. The fraction of sp³-hybridized carbons (Fsp3) is 0.412. The summed E-state index contributed by atoms with van der Waals surface area (Å²) in [4.78, 5) is 12.0. The highest BCUT2D eigenvalue weighted by atomic mass is 16.5. The number of aromatic nitrogens is 2. The van der Waals surface area contributed by atoms with Crippen LogP contribution in [0.1, 0.15) is 18.6 Å². The lowest BCUT2D eigenvalue weighted by molar-refractivity contribution is 0.168. The summed E-state index contributed by atoms with van der Waals surface area (Å²) in [5.74, 6) is 1.13. The number of amides is 2. The number of hydrogen-bond donors (Lipinski definition) is 3. The minimum absolute atomic E-state index is 0.0455. The Morgan fingerprint density at radius 3 is 2.80 bits per heavy atom. The molecule has 3 N–H and O–H groups in total. The SMILES string of the molecule is COc1ccc(OC)c([C@H](O)CNC(=O)N[C@H](C)Cn2cccn2)c1. The Balaban J connectivity index is 1.86. The second-order valence-electron chi connectivity index (χ2n) is 5.61. The van der Waals surface area contributed by atoms with Gasteiger partial charge in [0.1, 0.15) is 17.6 Å². The maximum Gasteiger partial charge on any atom is 0.315 e. The Morgan fingerprint density at radius 2 is 2.16 bits per heavy atom. The number of nitrogens with zero attached hydrogens (tertiary/aromatic N) is 2. The Hall–Kier alpha value is -2.74. The number of hydrogen-bond acceptors (Lipinski definition) is 5. The van der Waals surface area contributed by atoms with Crippen LogP contribution in [0.2, 0.25) is 0 Å². The third kappa shape index (κ3) is 5.39. The van der Waals surface area contributed by atoms with Crippen LogP contribution in [0.4, 0.5) is 4.79 Å². The van der Waals surface area contributed by atoms with E-state index in [1.165, 1.54) is 7.11 Å². The topological polar surface area (TPSA) is 97.6 Å². The average molecular weight is 348 g/mol. The Kier molecular flexibility index (Phi) is 6.64. The number of nitrogens with one attached hydrogen (secondary N) is 2. The molecule has 0 spiro atoms. The molecule has 0 radical (unpaired) electrons. The molecule has 8 nitrogen and oxygen atoms in total. The molecule has 1 aromatic heterocycles. The number of aliphatic hydroxyl groups is 1. The van der Waals surface area contributed by atoms with Crippen LogP contribution in [0.15, 0.2) is 36.7 Å². The molecule has 2 amide bonds. The average Bonchev–Trinajstić information content (AvgIpc) is 3.11. The van der Waals surface area contributed by atoms with E-state index in [1.807, 2.05) is 19.2 Å². The van der Waals surface area contributed by atoms with Crippen molar-refractivity contribution < 1.29 is 19.4 Å². The van der Waals surface area contributed by atoms with E-state index in [-0.39, 0.29) is 18.6 Å². The minimum atomic E-state index is -0.919. The van der Waals surface area contributed by atoms with Crippen LogP contribution in [-0.4, -0.2) is 47.7 Å². The van der Waals surface area contributed by atoms with Crippen LogP contribution in [0.3, 0.4) is 0 Å². The summed E-state index contributed by atoms with van der Waals surface area (Å²) in [6, 6.07) is 6.49. The van der Waals surface area contributed by atoms with Gasteiger partial charge in [-0.25, -0.2) is 4.79 Å². The van der Waals surface area contributed by atoms with Gasteiger partial charge >= 0.3 is 6.03 Å². The number of carbonyl (C=O) groups excluding carboxylic acids is 1. The number of rotatable bonds is 8. The van der Waals surface area contributed by atoms with E-state index in [2.05, 4.69) is 15.7 Å². The lowest BCUT2D eigenvalue weighted by atomic mass is 10.1. The van der Waals surface area contributed by atoms with Crippen LogP contribution in [0.25, 0.3) is 0 Å². The molecule has 1 heterocycles. The summed E-state index contributed by atoms with van der Waals surface area (Å²) < 4.78 is 12.1. The van der Waals surface area contributed by atoms with Gasteiger partial charge in [0.25, 0.3) is 0 Å². The summed E-state index contributed by atoms with van der Waals surface area (Å²) in [5, 5.41) is 19.9. The molecule has 0 bridgehead atoms. The molecule has 0 aliphatic carbocycles. The zero-order chi connectivity index (χ0) is 18.2. The number of aliphatic hydroxyl groups excluding tert-OH is 1. The van der Waals surface area contributed by atoms with Gasteiger partial charge in [0.05, 0.1) is 20.8 Å². The van der Waals surface area contributed by atoms with Gasteiger partial charge in [0, 0.05) is 30.5 Å². The maximum atomic E-state index is 12.0. The second kappa shape index (κ2) is 8.93. The van der Waals surface area contributed by atoms with E-state index in [0.717, 1.165) is 0 Å². The highest BCUT2D eigenvalue weighted by Crippen LogP contribution is 2.28. The summed E-state index contributed by atoms with van der Waals surface area (Å²) in [6.45, 7) is 2.49. The van der Waals surface area contributed by atoms with Crippen molar-refractivity contribution in [3.05, 3.63) is 42.2 Å². The fourth-order valence-corrected chi connectivity index (χ4v) is 2.41. The van der Waals surface area contributed by atoms with Crippen molar-refractivity contribution >= 4 is 6.03 Å². The number of urea groups is 1. The van der Waals surface area contributed by atoms with Gasteiger partial charge in [-0.15, -0.1) is 0 Å². The van der Waals surface area contributed by atoms with E-state index < -0.39 is 6.10 Å². The van der Waals surface area contributed by atoms with Gasteiger partial charge in [-0.3, -0.25) is 4.68 Å². The molecular weight excluding hydrogens is 324 g/mol. The first-order chi connectivity index (χ1) is 12.0. The summed E-state index contributed by atoms with van der Waals surface area (Å²) in [5.41, 5.74) is 0.548. The van der Waals surface area contributed by atoms with Gasteiger partial charge in [0.15, 0.2) is 0 Å². The van der Waals surface area contributed by atoms with Crippen LogP contribution < -0.4 is 20.1 Å². The molecule has 0 unspecified atom stereocenters. The lowest BCUT2D eigenvalue weighted by Crippen LogP contribution is -2.43. The van der Waals surface area contributed by atoms with Crippen molar-refractivity contribution in [2.45, 2.75) is 25.6 Å². The van der Waals surface area contributed by atoms with Crippen LogP contribution in [-0.2, 0) is 6.54 Å². The monoisotopic (exact) mass is 348 g/mol. The first-order valence-electron chi connectivity index (χ1n) is 7.95. The molecule has 8 heteroatoms. The zero-order valence-corrected chi connectivity index (χ0v) is 14.6. The van der Waals surface area contributed by atoms with E-state index in [0.29, 0.717) is 23.6 Å². The summed E-state index contributed by atoms with van der Waals surface area (Å²) in [6.07, 6.45) is 2.59. The normalized spacial score (nSPS) is 13.0. The van der Waals surface area contributed by atoms with Crippen molar-refractivity contribution in [1.29, 1.82) is 0 Å². The molecule has 0 aliphatic heterocycles. The molecule has 136 valence electrons. The maximum absolute atomic E-state index is 12.0. The van der Waals surface area contributed by atoms with Crippen molar-refractivity contribution in [3.63, 3.8) is 0 Å². The largest absolute Gasteiger partial charge is 0.497 e. The first kappa shape index (κ1) is 18.6. The molecule has 0 saturated carbocycles. The Morgan fingerprint density at radius 1 is 1.36 bits per heavy atom. The smallest absolute Gasteiger partial charge is 0.315 e.